The molecule has 0 saturated carbocycles. The standard InChI is InChI=1S/C23H24Cl2N2O2/c1-23(2,15-26-21(28)13-7-17-3-9-19(24)10-4-17)16-27-22(29)14-8-18-5-11-20(25)12-6-18/h3-14H,15-16H2,1-2H3,(H,26,28)(H,27,29)/b13-7-,14-8+. The van der Waals surface area contributed by atoms with Crippen molar-refractivity contribution in [3.63, 3.8) is 0 Å². The van der Waals surface area contributed by atoms with Gasteiger partial charge < -0.3 is 10.6 Å². The molecule has 0 aliphatic heterocycles. The molecule has 0 saturated heterocycles. The van der Waals surface area contributed by atoms with E-state index in [9.17, 15) is 9.59 Å². The van der Waals surface area contributed by atoms with Crippen LogP contribution in [0.3, 0.4) is 0 Å². The fraction of sp³-hybridized carbons (Fsp3) is 0.217. The summed E-state index contributed by atoms with van der Waals surface area (Å²) in [7, 11) is 0. The number of nitrogens with one attached hydrogen (secondary N) is 2. The lowest BCUT2D eigenvalue weighted by Crippen LogP contribution is -2.41. The van der Waals surface area contributed by atoms with Crippen molar-refractivity contribution in [2.45, 2.75) is 13.8 Å². The quantitative estimate of drug-likeness (QED) is 0.580. The molecule has 0 atom stereocenters. The maximum Gasteiger partial charge on any atom is 0.244 e. The molecule has 2 aromatic rings. The normalized spacial score (nSPS) is 11.7. The first-order chi connectivity index (χ1) is 13.7. The minimum Gasteiger partial charge on any atom is -0.352 e. The molecule has 0 spiro atoms. The van der Waals surface area contributed by atoms with Gasteiger partial charge in [-0.3, -0.25) is 9.59 Å². The Morgan fingerprint density at radius 1 is 0.759 bits per heavy atom. The van der Waals surface area contributed by atoms with Crippen molar-refractivity contribution in [3.8, 4) is 0 Å². The summed E-state index contributed by atoms with van der Waals surface area (Å²) in [5.74, 6) is -0.385. The highest BCUT2D eigenvalue weighted by Crippen LogP contribution is 2.13. The van der Waals surface area contributed by atoms with Crippen LogP contribution in [0.15, 0.2) is 60.7 Å². The van der Waals surface area contributed by atoms with E-state index >= 15 is 0 Å². The first-order valence-electron chi connectivity index (χ1n) is 9.16. The molecule has 0 aromatic heterocycles. The van der Waals surface area contributed by atoms with Crippen molar-refractivity contribution in [1.82, 2.24) is 10.6 Å². The highest BCUT2D eigenvalue weighted by molar-refractivity contribution is 6.30. The number of benzene rings is 2. The lowest BCUT2D eigenvalue weighted by molar-refractivity contribution is -0.116. The zero-order valence-electron chi connectivity index (χ0n) is 16.4. The van der Waals surface area contributed by atoms with Crippen molar-refractivity contribution in [2.75, 3.05) is 13.1 Å². The molecule has 0 heterocycles. The average Bonchev–Trinajstić information content (AvgIpc) is 2.70. The zero-order valence-corrected chi connectivity index (χ0v) is 17.9. The van der Waals surface area contributed by atoms with Gasteiger partial charge in [-0.25, -0.2) is 0 Å². The van der Waals surface area contributed by atoms with Crippen LogP contribution in [0.1, 0.15) is 25.0 Å². The molecule has 0 aliphatic rings. The van der Waals surface area contributed by atoms with Gasteiger partial charge >= 0.3 is 0 Å². The molecule has 2 rings (SSSR count). The van der Waals surface area contributed by atoms with E-state index in [1.165, 1.54) is 12.2 Å². The largest absolute Gasteiger partial charge is 0.352 e. The maximum atomic E-state index is 12.0. The third kappa shape index (κ3) is 8.99. The van der Waals surface area contributed by atoms with Crippen LogP contribution in [0, 0.1) is 5.41 Å². The number of carbonyl (C=O) groups excluding carboxylic acids is 2. The van der Waals surface area contributed by atoms with Gasteiger partial charge in [0.2, 0.25) is 11.8 Å². The van der Waals surface area contributed by atoms with Crippen molar-refractivity contribution in [2.24, 2.45) is 5.41 Å². The second-order valence-electron chi connectivity index (χ2n) is 7.37. The van der Waals surface area contributed by atoms with E-state index in [1.54, 1.807) is 36.4 Å². The maximum absolute atomic E-state index is 12.0. The summed E-state index contributed by atoms with van der Waals surface area (Å²) in [6.45, 7) is 4.80. The van der Waals surface area contributed by atoms with Gasteiger partial charge in [-0.2, -0.15) is 0 Å². The van der Waals surface area contributed by atoms with Gasteiger partial charge in [0.1, 0.15) is 0 Å². The number of hydrogen-bond acceptors (Lipinski definition) is 2. The SMILES string of the molecule is CC(C)(CNC(=O)/C=C\c1ccc(Cl)cc1)CNC(=O)/C=C/c1ccc(Cl)cc1. The molecule has 4 nitrogen and oxygen atoms in total. The van der Waals surface area contributed by atoms with Crippen LogP contribution in [-0.2, 0) is 9.59 Å². The van der Waals surface area contributed by atoms with Crippen LogP contribution in [0.2, 0.25) is 10.0 Å². The highest BCUT2D eigenvalue weighted by atomic mass is 35.5. The van der Waals surface area contributed by atoms with Crippen molar-refractivity contribution in [1.29, 1.82) is 0 Å². The topological polar surface area (TPSA) is 58.2 Å². The van der Waals surface area contributed by atoms with E-state index in [2.05, 4.69) is 10.6 Å². The molecule has 6 heteroatoms. The van der Waals surface area contributed by atoms with Gasteiger partial charge in [0, 0.05) is 35.3 Å². The minimum atomic E-state index is -0.298. The molecule has 0 unspecified atom stereocenters. The van der Waals surface area contributed by atoms with E-state index in [4.69, 9.17) is 23.2 Å². The van der Waals surface area contributed by atoms with E-state index in [-0.39, 0.29) is 17.2 Å². The van der Waals surface area contributed by atoms with Gasteiger partial charge in [0.15, 0.2) is 0 Å². The lowest BCUT2D eigenvalue weighted by Gasteiger charge is -2.24. The smallest absolute Gasteiger partial charge is 0.244 e. The first kappa shape index (κ1) is 22.7. The van der Waals surface area contributed by atoms with Crippen molar-refractivity contribution in [3.05, 3.63) is 81.9 Å². The second-order valence-corrected chi connectivity index (χ2v) is 8.24. The molecular formula is C23H24Cl2N2O2. The summed E-state index contributed by atoms with van der Waals surface area (Å²) in [4.78, 5) is 24.0. The van der Waals surface area contributed by atoms with Gasteiger partial charge in [-0.05, 0) is 53.0 Å². The van der Waals surface area contributed by atoms with E-state index in [1.807, 2.05) is 38.1 Å². The summed E-state index contributed by atoms with van der Waals surface area (Å²) >= 11 is 11.7. The van der Waals surface area contributed by atoms with Gasteiger partial charge in [0.05, 0.1) is 0 Å². The van der Waals surface area contributed by atoms with Crippen molar-refractivity contribution < 1.29 is 9.59 Å². The zero-order chi connectivity index (χ0) is 21.3. The Bertz CT molecular complexity index is 813. The second kappa shape index (κ2) is 10.8. The lowest BCUT2D eigenvalue weighted by atomic mass is 9.93. The summed E-state index contributed by atoms with van der Waals surface area (Å²) in [5, 5.41) is 7.02. The third-order valence-corrected chi connectivity index (χ3v) is 4.58. The predicted molar refractivity (Wildman–Crippen MR) is 121 cm³/mol. The van der Waals surface area contributed by atoms with Gasteiger partial charge in [-0.1, -0.05) is 61.3 Å². The van der Waals surface area contributed by atoms with Gasteiger partial charge in [0.25, 0.3) is 0 Å². The molecule has 152 valence electrons. The van der Waals surface area contributed by atoms with E-state index in [0.29, 0.717) is 23.1 Å². The predicted octanol–water partition coefficient (Wildman–Crippen LogP) is 4.98. The Morgan fingerprint density at radius 3 is 1.45 bits per heavy atom. The van der Waals surface area contributed by atoms with Gasteiger partial charge in [-0.15, -0.1) is 0 Å². The van der Waals surface area contributed by atoms with Crippen LogP contribution in [0.5, 0.6) is 0 Å². The number of amides is 2. The van der Waals surface area contributed by atoms with E-state index < -0.39 is 0 Å². The Morgan fingerprint density at radius 2 is 1.10 bits per heavy atom. The van der Waals surface area contributed by atoms with Crippen LogP contribution < -0.4 is 10.6 Å². The van der Waals surface area contributed by atoms with Crippen LogP contribution in [0.4, 0.5) is 0 Å². The highest BCUT2D eigenvalue weighted by Gasteiger charge is 2.19. The third-order valence-electron chi connectivity index (χ3n) is 4.08. The molecule has 2 N–H and O–H groups in total. The Hall–Kier alpha value is -2.56. The van der Waals surface area contributed by atoms with Crippen LogP contribution in [-0.4, -0.2) is 24.9 Å². The summed E-state index contributed by atoms with van der Waals surface area (Å²) in [6, 6.07) is 14.4. The monoisotopic (exact) mass is 430 g/mol. The Labute approximate surface area is 181 Å². The summed E-state index contributed by atoms with van der Waals surface area (Å²) < 4.78 is 0. The summed E-state index contributed by atoms with van der Waals surface area (Å²) in [6.07, 6.45) is 6.41. The molecule has 0 fully saturated rings. The Balaban J connectivity index is 1.75. The molecule has 0 bridgehead atoms. The fourth-order valence-electron chi connectivity index (χ4n) is 2.32. The average molecular weight is 431 g/mol. The fourth-order valence-corrected chi connectivity index (χ4v) is 2.58. The number of hydrogen-bond donors (Lipinski definition) is 2. The molecule has 0 aliphatic carbocycles. The van der Waals surface area contributed by atoms with E-state index in [0.717, 1.165) is 11.1 Å². The summed E-state index contributed by atoms with van der Waals surface area (Å²) in [5.41, 5.74) is 1.49. The minimum absolute atomic E-state index is 0.193. The van der Waals surface area contributed by atoms with Crippen LogP contribution >= 0.6 is 23.2 Å². The Kier molecular flexibility index (Phi) is 8.50. The van der Waals surface area contributed by atoms with Crippen LogP contribution in [0.25, 0.3) is 12.2 Å². The molecule has 29 heavy (non-hydrogen) atoms. The molecule has 0 radical (unpaired) electrons. The molecule has 2 amide bonds. The number of carbonyl (C=O) groups is 2. The number of halogens is 2. The van der Waals surface area contributed by atoms with Crippen molar-refractivity contribution >= 4 is 47.2 Å². The number of rotatable bonds is 8. The molecule has 2 aromatic carbocycles. The first-order valence-corrected chi connectivity index (χ1v) is 9.92. The molecular weight excluding hydrogens is 407 g/mol.